The molecule has 224 valence electrons. The summed E-state index contributed by atoms with van der Waals surface area (Å²) in [6.07, 6.45) is -3.08. The van der Waals surface area contributed by atoms with Gasteiger partial charge in [-0.15, -0.1) is 0 Å². The van der Waals surface area contributed by atoms with Gasteiger partial charge in [-0.1, -0.05) is 32.0 Å². The lowest BCUT2D eigenvalue weighted by Gasteiger charge is -2.38. The molecule has 3 rings (SSSR count). The average molecular weight is 586 g/mol. The number of alkyl halides is 3. The highest BCUT2D eigenvalue weighted by atomic mass is 19.4. The second kappa shape index (κ2) is 14.0. The number of carbonyl (C=O) groups excluding carboxylic acids is 2. The van der Waals surface area contributed by atoms with Crippen LogP contribution < -0.4 is 10.6 Å². The highest BCUT2D eigenvalue weighted by Crippen LogP contribution is 2.44. The SMILES string of the molecule is CCOC(=O)C1=C(N)N(c2cccc(C(F)(F)F)c2)C(COCCCC(C)C)=C(C(=O)OC)C1c1ccc(C#N)cc1. The average Bonchev–Trinajstić information content (AvgIpc) is 2.95. The van der Waals surface area contributed by atoms with E-state index in [9.17, 15) is 28.0 Å². The second-order valence-corrected chi connectivity index (χ2v) is 10.0. The van der Waals surface area contributed by atoms with Gasteiger partial charge in [-0.25, -0.2) is 9.59 Å². The highest BCUT2D eigenvalue weighted by molar-refractivity contribution is 6.01. The number of ether oxygens (including phenoxy) is 3. The monoisotopic (exact) mass is 585 g/mol. The molecule has 0 bridgehead atoms. The molecular formula is C31H34F3N3O5. The zero-order valence-electron chi connectivity index (χ0n) is 24.0. The van der Waals surface area contributed by atoms with Crippen LogP contribution in [0.5, 0.6) is 0 Å². The van der Waals surface area contributed by atoms with Crippen molar-refractivity contribution < 1.29 is 37.0 Å². The largest absolute Gasteiger partial charge is 0.466 e. The third kappa shape index (κ3) is 7.31. The molecule has 0 saturated carbocycles. The van der Waals surface area contributed by atoms with E-state index in [2.05, 4.69) is 13.8 Å². The molecule has 11 heteroatoms. The third-order valence-corrected chi connectivity index (χ3v) is 6.69. The predicted molar refractivity (Wildman–Crippen MR) is 150 cm³/mol. The van der Waals surface area contributed by atoms with Gasteiger partial charge in [-0.05, 0) is 61.6 Å². The molecule has 1 aliphatic rings. The first-order valence-electron chi connectivity index (χ1n) is 13.5. The number of hydrogen-bond donors (Lipinski definition) is 1. The van der Waals surface area contributed by atoms with Gasteiger partial charge >= 0.3 is 18.1 Å². The molecule has 0 fully saturated rings. The van der Waals surface area contributed by atoms with Crippen molar-refractivity contribution >= 4 is 17.6 Å². The van der Waals surface area contributed by atoms with Crippen LogP contribution in [0.2, 0.25) is 0 Å². The first-order chi connectivity index (χ1) is 19.9. The second-order valence-electron chi connectivity index (χ2n) is 10.0. The Labute approximate surface area is 243 Å². The quantitative estimate of drug-likeness (QED) is 0.260. The Balaban J connectivity index is 2.32. The zero-order chi connectivity index (χ0) is 31.0. The molecule has 2 aromatic rings. The standard InChI is InChI=1S/C31H34F3N3O5/c1-5-42-30(39)27-25(21-13-11-20(17-35)12-14-21)26(29(38)40-4)24(18-41-15-7-8-19(2)3)37(28(27)36)23-10-6-9-22(16-23)31(32,33)34/h6,9-14,16,19,25H,5,7-8,15,18,36H2,1-4H3. The van der Waals surface area contributed by atoms with Crippen molar-refractivity contribution in [2.75, 3.05) is 31.8 Å². The molecule has 1 unspecified atom stereocenters. The number of benzene rings is 2. The number of methoxy groups -OCH3 is 1. The maximum absolute atomic E-state index is 13.7. The van der Waals surface area contributed by atoms with Crippen molar-refractivity contribution in [1.29, 1.82) is 5.26 Å². The van der Waals surface area contributed by atoms with Crippen LogP contribution in [0.4, 0.5) is 18.9 Å². The van der Waals surface area contributed by atoms with E-state index in [0.717, 1.165) is 25.7 Å². The topological polar surface area (TPSA) is 115 Å². The molecule has 2 N–H and O–H groups in total. The van der Waals surface area contributed by atoms with Crippen LogP contribution >= 0.6 is 0 Å². The minimum Gasteiger partial charge on any atom is -0.466 e. The summed E-state index contributed by atoms with van der Waals surface area (Å²) in [5.41, 5.74) is 6.29. The number of nitrogens with zero attached hydrogens (tertiary/aromatic N) is 2. The van der Waals surface area contributed by atoms with Gasteiger partial charge in [0.25, 0.3) is 0 Å². The molecule has 1 atom stereocenters. The van der Waals surface area contributed by atoms with Gasteiger partial charge < -0.3 is 19.9 Å². The number of halogens is 3. The fraction of sp³-hybridized carbons (Fsp3) is 0.387. The summed E-state index contributed by atoms with van der Waals surface area (Å²) in [4.78, 5) is 28.1. The fourth-order valence-corrected chi connectivity index (χ4v) is 4.73. The number of nitriles is 1. The predicted octanol–water partition coefficient (Wildman–Crippen LogP) is 5.79. The van der Waals surface area contributed by atoms with Crippen LogP contribution in [0.15, 0.2) is 71.2 Å². The molecule has 0 aliphatic carbocycles. The van der Waals surface area contributed by atoms with E-state index >= 15 is 0 Å². The van der Waals surface area contributed by atoms with Gasteiger partial charge in [0, 0.05) is 12.3 Å². The Bertz CT molecular complexity index is 1390. The Hall–Kier alpha value is -4.30. The lowest BCUT2D eigenvalue weighted by atomic mass is 9.80. The Morgan fingerprint density at radius 2 is 1.79 bits per heavy atom. The van der Waals surface area contributed by atoms with E-state index in [-0.39, 0.29) is 41.6 Å². The van der Waals surface area contributed by atoms with Crippen molar-refractivity contribution in [2.45, 2.75) is 45.7 Å². The van der Waals surface area contributed by atoms with Crippen LogP contribution in [-0.2, 0) is 30.0 Å². The van der Waals surface area contributed by atoms with E-state index in [1.807, 2.05) is 6.07 Å². The smallest absolute Gasteiger partial charge is 0.416 e. The van der Waals surface area contributed by atoms with Crippen molar-refractivity contribution in [1.82, 2.24) is 0 Å². The van der Waals surface area contributed by atoms with Gasteiger partial charge in [0.1, 0.15) is 5.82 Å². The molecule has 2 aromatic carbocycles. The highest BCUT2D eigenvalue weighted by Gasteiger charge is 2.43. The molecule has 1 heterocycles. The summed E-state index contributed by atoms with van der Waals surface area (Å²) in [6.45, 7) is 5.79. The maximum Gasteiger partial charge on any atom is 0.416 e. The number of rotatable bonds is 11. The summed E-state index contributed by atoms with van der Waals surface area (Å²) in [6, 6.07) is 12.6. The van der Waals surface area contributed by atoms with Crippen molar-refractivity contribution in [3.05, 3.63) is 87.9 Å². The number of anilines is 1. The Morgan fingerprint density at radius 1 is 1.10 bits per heavy atom. The maximum atomic E-state index is 13.7. The Morgan fingerprint density at radius 3 is 2.36 bits per heavy atom. The summed E-state index contributed by atoms with van der Waals surface area (Å²) in [7, 11) is 1.16. The van der Waals surface area contributed by atoms with Crippen LogP contribution in [0.25, 0.3) is 0 Å². The van der Waals surface area contributed by atoms with Gasteiger partial charge in [0.05, 0.1) is 60.3 Å². The van der Waals surface area contributed by atoms with Crippen molar-refractivity contribution in [3.8, 4) is 6.07 Å². The lowest BCUT2D eigenvalue weighted by molar-refractivity contribution is -0.139. The molecule has 0 radical (unpaired) electrons. The number of carbonyl (C=O) groups is 2. The Kier molecular flexibility index (Phi) is 10.8. The fourth-order valence-electron chi connectivity index (χ4n) is 4.73. The van der Waals surface area contributed by atoms with E-state index in [4.69, 9.17) is 19.9 Å². The minimum atomic E-state index is -4.67. The molecule has 0 aromatic heterocycles. The zero-order valence-corrected chi connectivity index (χ0v) is 24.0. The number of nitrogens with two attached hydrogens (primary N) is 1. The van der Waals surface area contributed by atoms with Crippen LogP contribution in [0, 0.1) is 17.2 Å². The van der Waals surface area contributed by atoms with Crippen molar-refractivity contribution in [2.24, 2.45) is 11.7 Å². The molecule has 0 amide bonds. The first kappa shape index (κ1) is 32.2. The minimum absolute atomic E-state index is 0.0254. The van der Waals surface area contributed by atoms with E-state index in [0.29, 0.717) is 30.1 Å². The summed E-state index contributed by atoms with van der Waals surface area (Å²) < 4.78 is 57.5. The molecular weight excluding hydrogens is 551 g/mol. The van der Waals surface area contributed by atoms with Crippen LogP contribution in [0.3, 0.4) is 0 Å². The van der Waals surface area contributed by atoms with Gasteiger partial charge in [-0.2, -0.15) is 18.4 Å². The lowest BCUT2D eigenvalue weighted by Crippen LogP contribution is -2.41. The first-order valence-corrected chi connectivity index (χ1v) is 13.5. The van der Waals surface area contributed by atoms with Crippen molar-refractivity contribution in [3.63, 3.8) is 0 Å². The summed E-state index contributed by atoms with van der Waals surface area (Å²) in [5.74, 6) is -2.62. The van der Waals surface area contributed by atoms with Gasteiger partial charge in [0.2, 0.25) is 0 Å². The van der Waals surface area contributed by atoms with E-state index < -0.39 is 29.6 Å². The van der Waals surface area contributed by atoms with E-state index in [1.54, 1.807) is 19.1 Å². The van der Waals surface area contributed by atoms with Gasteiger partial charge in [-0.3, -0.25) is 4.90 Å². The van der Waals surface area contributed by atoms with E-state index in [1.165, 1.54) is 29.2 Å². The molecule has 0 saturated heterocycles. The van der Waals surface area contributed by atoms with Gasteiger partial charge in [0.15, 0.2) is 0 Å². The van der Waals surface area contributed by atoms with Crippen LogP contribution in [0.1, 0.15) is 56.2 Å². The molecule has 1 aliphatic heterocycles. The molecule has 0 spiro atoms. The normalized spacial score (nSPS) is 15.6. The molecule has 42 heavy (non-hydrogen) atoms. The summed E-state index contributed by atoms with van der Waals surface area (Å²) >= 11 is 0. The third-order valence-electron chi connectivity index (χ3n) is 6.69. The number of esters is 2. The number of hydrogen-bond acceptors (Lipinski definition) is 8. The summed E-state index contributed by atoms with van der Waals surface area (Å²) in [5, 5.41) is 9.29. The molecule has 8 nitrogen and oxygen atoms in total. The van der Waals surface area contributed by atoms with Crippen LogP contribution in [-0.4, -0.2) is 38.9 Å².